The third kappa shape index (κ3) is 2.48. The maximum absolute atomic E-state index is 11.9. The fourth-order valence-corrected chi connectivity index (χ4v) is 1.84. The zero-order valence-electron chi connectivity index (χ0n) is 9.47. The number of rotatable bonds is 3. The highest BCUT2D eigenvalue weighted by atomic mass is 16.4. The van der Waals surface area contributed by atoms with Crippen molar-refractivity contribution in [2.75, 3.05) is 6.54 Å². The smallest absolute Gasteiger partial charge is 0.336 e. The number of benzene rings is 1. The highest BCUT2D eigenvalue weighted by Gasteiger charge is 2.24. The van der Waals surface area contributed by atoms with E-state index in [0.29, 0.717) is 6.54 Å². The molecular weight excluding hydrogens is 236 g/mol. The molecule has 3 N–H and O–H groups in total. The van der Waals surface area contributed by atoms with Gasteiger partial charge in [0, 0.05) is 13.0 Å². The van der Waals surface area contributed by atoms with E-state index in [2.05, 4.69) is 10.6 Å². The van der Waals surface area contributed by atoms with Crippen LogP contribution in [-0.4, -0.2) is 35.5 Å². The minimum Gasteiger partial charge on any atom is -0.478 e. The van der Waals surface area contributed by atoms with Crippen LogP contribution in [0.2, 0.25) is 0 Å². The maximum Gasteiger partial charge on any atom is 0.336 e. The molecule has 94 valence electrons. The fourth-order valence-electron chi connectivity index (χ4n) is 1.84. The molecule has 18 heavy (non-hydrogen) atoms. The van der Waals surface area contributed by atoms with Gasteiger partial charge in [-0.05, 0) is 12.1 Å². The number of hydrogen-bond acceptors (Lipinski definition) is 3. The molecule has 0 bridgehead atoms. The molecule has 1 aromatic carbocycles. The van der Waals surface area contributed by atoms with Crippen molar-refractivity contribution in [3.05, 3.63) is 35.4 Å². The summed E-state index contributed by atoms with van der Waals surface area (Å²) in [6, 6.07) is 5.69. The van der Waals surface area contributed by atoms with E-state index < -0.39 is 11.9 Å². The molecule has 1 heterocycles. The van der Waals surface area contributed by atoms with Crippen molar-refractivity contribution in [1.29, 1.82) is 0 Å². The summed E-state index contributed by atoms with van der Waals surface area (Å²) in [5.41, 5.74) is 0.0524. The Bertz CT molecular complexity index is 513. The van der Waals surface area contributed by atoms with Crippen molar-refractivity contribution in [3.8, 4) is 0 Å². The monoisotopic (exact) mass is 248 g/mol. The van der Waals surface area contributed by atoms with Crippen LogP contribution in [0.1, 0.15) is 27.1 Å². The quantitative estimate of drug-likeness (QED) is 0.701. The van der Waals surface area contributed by atoms with E-state index in [-0.39, 0.29) is 29.5 Å². The number of carboxylic acid groups (broad SMARTS) is 1. The van der Waals surface area contributed by atoms with Gasteiger partial charge in [0.1, 0.15) is 0 Å². The molecule has 0 radical (unpaired) electrons. The fraction of sp³-hybridized carbons (Fsp3) is 0.250. The van der Waals surface area contributed by atoms with Crippen LogP contribution in [0.15, 0.2) is 24.3 Å². The molecule has 1 aromatic rings. The van der Waals surface area contributed by atoms with Gasteiger partial charge < -0.3 is 15.7 Å². The predicted molar refractivity (Wildman–Crippen MR) is 62.3 cm³/mol. The van der Waals surface area contributed by atoms with Crippen LogP contribution in [0.3, 0.4) is 0 Å². The van der Waals surface area contributed by atoms with Gasteiger partial charge in [0.05, 0.1) is 17.2 Å². The van der Waals surface area contributed by atoms with Gasteiger partial charge in [0.2, 0.25) is 5.91 Å². The van der Waals surface area contributed by atoms with E-state index in [1.165, 1.54) is 12.1 Å². The second-order valence-corrected chi connectivity index (χ2v) is 4.03. The number of carbonyl (C=O) groups excluding carboxylic acids is 2. The minimum absolute atomic E-state index is 0.0488. The van der Waals surface area contributed by atoms with Crippen molar-refractivity contribution in [1.82, 2.24) is 10.6 Å². The molecule has 6 nitrogen and oxygen atoms in total. The van der Waals surface area contributed by atoms with Gasteiger partial charge in [-0.2, -0.15) is 0 Å². The van der Waals surface area contributed by atoms with Crippen molar-refractivity contribution in [2.45, 2.75) is 12.5 Å². The van der Waals surface area contributed by atoms with Crippen molar-refractivity contribution < 1.29 is 19.5 Å². The molecule has 2 rings (SSSR count). The van der Waals surface area contributed by atoms with E-state index in [4.69, 9.17) is 5.11 Å². The first-order valence-corrected chi connectivity index (χ1v) is 5.48. The second kappa shape index (κ2) is 4.87. The summed E-state index contributed by atoms with van der Waals surface area (Å²) in [6.07, 6.45) is 0.223. The van der Waals surface area contributed by atoms with Gasteiger partial charge in [0.25, 0.3) is 5.91 Å². The lowest BCUT2D eigenvalue weighted by atomic mass is 10.1. The molecular formula is C12H12N2O4. The number of nitrogens with one attached hydrogen (secondary N) is 2. The van der Waals surface area contributed by atoms with Gasteiger partial charge >= 0.3 is 5.97 Å². The van der Waals surface area contributed by atoms with Crippen molar-refractivity contribution >= 4 is 17.8 Å². The molecule has 0 saturated carbocycles. The van der Waals surface area contributed by atoms with Gasteiger partial charge in [-0.3, -0.25) is 9.59 Å². The van der Waals surface area contributed by atoms with Gasteiger partial charge in [-0.1, -0.05) is 12.1 Å². The number of carbonyl (C=O) groups is 3. The van der Waals surface area contributed by atoms with Crippen LogP contribution < -0.4 is 10.6 Å². The normalized spacial score (nSPS) is 18.2. The largest absolute Gasteiger partial charge is 0.478 e. The summed E-state index contributed by atoms with van der Waals surface area (Å²) in [5, 5.41) is 14.2. The molecule has 1 unspecified atom stereocenters. The number of carboxylic acids is 1. The summed E-state index contributed by atoms with van der Waals surface area (Å²) in [5.74, 6) is -1.75. The van der Waals surface area contributed by atoms with E-state index in [0.717, 1.165) is 0 Å². The summed E-state index contributed by atoms with van der Waals surface area (Å²) in [7, 11) is 0. The van der Waals surface area contributed by atoms with Gasteiger partial charge in [0.15, 0.2) is 0 Å². The molecule has 1 fully saturated rings. The first kappa shape index (κ1) is 12.1. The molecule has 1 aliphatic rings. The molecule has 1 atom stereocenters. The Morgan fingerprint density at radius 3 is 2.50 bits per heavy atom. The standard InChI is InChI=1S/C12H12N2O4/c15-10-5-7(6-13-10)14-11(16)8-3-1-2-4-9(8)12(17)18/h1-4,7H,5-6H2,(H,13,15)(H,14,16)(H,17,18). The van der Waals surface area contributed by atoms with Crippen LogP contribution in [0, 0.1) is 0 Å². The Morgan fingerprint density at radius 1 is 1.28 bits per heavy atom. The Morgan fingerprint density at radius 2 is 1.94 bits per heavy atom. The average Bonchev–Trinajstić information content (AvgIpc) is 2.74. The van der Waals surface area contributed by atoms with E-state index in [1.54, 1.807) is 12.1 Å². The Balaban J connectivity index is 2.14. The first-order valence-electron chi connectivity index (χ1n) is 5.48. The predicted octanol–water partition coefficient (Wildman–Crippen LogP) is 0.00310. The molecule has 0 spiro atoms. The Labute approximate surface area is 103 Å². The first-order chi connectivity index (χ1) is 8.58. The van der Waals surface area contributed by atoms with Crippen LogP contribution in [0.25, 0.3) is 0 Å². The average molecular weight is 248 g/mol. The van der Waals surface area contributed by atoms with Crippen LogP contribution in [-0.2, 0) is 4.79 Å². The summed E-state index contributed by atoms with van der Waals surface area (Å²) in [6.45, 7) is 0.375. The number of aromatic carboxylic acids is 1. The van der Waals surface area contributed by atoms with Crippen LogP contribution >= 0.6 is 0 Å². The third-order valence-electron chi connectivity index (χ3n) is 2.71. The summed E-state index contributed by atoms with van der Waals surface area (Å²) >= 11 is 0. The van der Waals surface area contributed by atoms with E-state index >= 15 is 0 Å². The Hall–Kier alpha value is -2.37. The highest BCUT2D eigenvalue weighted by Crippen LogP contribution is 2.10. The van der Waals surface area contributed by atoms with Crippen LogP contribution in [0.5, 0.6) is 0 Å². The molecule has 0 aliphatic carbocycles. The van der Waals surface area contributed by atoms with E-state index in [1.807, 2.05) is 0 Å². The molecule has 1 aliphatic heterocycles. The minimum atomic E-state index is -1.15. The van der Waals surface area contributed by atoms with Gasteiger partial charge in [-0.15, -0.1) is 0 Å². The molecule has 6 heteroatoms. The van der Waals surface area contributed by atoms with Gasteiger partial charge in [-0.25, -0.2) is 4.79 Å². The number of amides is 2. The SMILES string of the molecule is O=C1CC(NC(=O)c2ccccc2C(=O)O)CN1. The molecule has 2 amide bonds. The lowest BCUT2D eigenvalue weighted by molar-refractivity contribution is -0.119. The Kier molecular flexibility index (Phi) is 3.27. The van der Waals surface area contributed by atoms with E-state index in [9.17, 15) is 14.4 Å². The lowest BCUT2D eigenvalue weighted by Gasteiger charge is -2.11. The van der Waals surface area contributed by atoms with Crippen molar-refractivity contribution in [3.63, 3.8) is 0 Å². The molecule has 1 saturated heterocycles. The third-order valence-corrected chi connectivity index (χ3v) is 2.71. The lowest BCUT2D eigenvalue weighted by Crippen LogP contribution is -2.36. The topological polar surface area (TPSA) is 95.5 Å². The zero-order chi connectivity index (χ0) is 13.1. The number of hydrogen-bond donors (Lipinski definition) is 3. The molecule has 0 aromatic heterocycles. The summed E-state index contributed by atoms with van der Waals surface area (Å²) < 4.78 is 0. The van der Waals surface area contributed by atoms with Crippen molar-refractivity contribution in [2.24, 2.45) is 0 Å². The summed E-state index contributed by atoms with van der Waals surface area (Å²) in [4.78, 5) is 33.9. The highest BCUT2D eigenvalue weighted by molar-refractivity contribution is 6.05. The van der Waals surface area contributed by atoms with Crippen LogP contribution in [0.4, 0.5) is 0 Å². The second-order valence-electron chi connectivity index (χ2n) is 4.03. The maximum atomic E-state index is 11.9. The zero-order valence-corrected chi connectivity index (χ0v) is 9.47.